The number of nitrogens with one attached hydrogen (secondary N) is 1. The number of nitrogens with zero attached hydrogens (tertiary/aromatic N) is 3. The number of rotatable bonds is 5. The van der Waals surface area contributed by atoms with Crippen LogP contribution >= 0.6 is 11.3 Å². The van der Waals surface area contributed by atoms with Gasteiger partial charge in [-0.05, 0) is 31.4 Å². The first-order valence-corrected chi connectivity index (χ1v) is 7.68. The van der Waals surface area contributed by atoms with Crippen LogP contribution in [-0.4, -0.2) is 15.7 Å². The molecule has 0 atom stereocenters. The third kappa shape index (κ3) is 3.50. The van der Waals surface area contributed by atoms with Crippen molar-refractivity contribution in [3.8, 4) is 6.07 Å². The molecule has 0 saturated heterocycles. The normalized spacial score (nSPS) is 10.4. The van der Waals surface area contributed by atoms with Gasteiger partial charge in [0, 0.05) is 24.0 Å². The van der Waals surface area contributed by atoms with E-state index in [4.69, 9.17) is 0 Å². The zero-order valence-corrected chi connectivity index (χ0v) is 13.3. The summed E-state index contributed by atoms with van der Waals surface area (Å²) in [6.45, 7) is 6.49. The van der Waals surface area contributed by atoms with Crippen LogP contribution in [0.1, 0.15) is 34.9 Å². The molecule has 0 fully saturated rings. The molecule has 0 radical (unpaired) electrons. The Kier molecular flexibility index (Phi) is 4.76. The molecule has 0 saturated carbocycles. The average molecular weight is 302 g/mol. The molecule has 1 amide bonds. The van der Waals surface area contributed by atoms with Gasteiger partial charge in [-0.2, -0.15) is 10.4 Å². The molecule has 0 aliphatic rings. The lowest BCUT2D eigenvalue weighted by atomic mass is 10.1. The van der Waals surface area contributed by atoms with Gasteiger partial charge in [-0.15, -0.1) is 11.3 Å². The van der Waals surface area contributed by atoms with E-state index in [9.17, 15) is 10.1 Å². The minimum atomic E-state index is -0.0939. The molecule has 0 unspecified atom stereocenters. The summed E-state index contributed by atoms with van der Waals surface area (Å²) in [5.41, 5.74) is 2.70. The highest BCUT2D eigenvalue weighted by Crippen LogP contribution is 2.32. The van der Waals surface area contributed by atoms with Gasteiger partial charge >= 0.3 is 0 Å². The van der Waals surface area contributed by atoms with Crippen molar-refractivity contribution in [1.82, 2.24) is 9.78 Å². The molecule has 0 aliphatic carbocycles. The summed E-state index contributed by atoms with van der Waals surface area (Å²) in [7, 11) is 0. The lowest BCUT2D eigenvalue weighted by Crippen LogP contribution is -2.14. The number of anilines is 1. The largest absolute Gasteiger partial charge is 0.317 e. The van der Waals surface area contributed by atoms with Crippen LogP contribution in [0.5, 0.6) is 0 Å². The maximum absolute atomic E-state index is 12.0. The van der Waals surface area contributed by atoms with Crippen molar-refractivity contribution in [2.45, 2.75) is 40.2 Å². The lowest BCUT2D eigenvalue weighted by molar-refractivity contribution is -0.116. The second kappa shape index (κ2) is 6.55. The topological polar surface area (TPSA) is 70.7 Å². The molecule has 0 aromatic carbocycles. The molecule has 2 aromatic heterocycles. The average Bonchev–Trinajstić information content (AvgIpc) is 2.99. The number of nitriles is 1. The predicted octanol–water partition coefficient (Wildman–Crippen LogP) is 3.02. The van der Waals surface area contributed by atoms with Gasteiger partial charge in [-0.3, -0.25) is 9.48 Å². The molecule has 1 N–H and O–H groups in total. The van der Waals surface area contributed by atoms with E-state index in [2.05, 4.69) is 16.5 Å². The minimum absolute atomic E-state index is 0.0939. The lowest BCUT2D eigenvalue weighted by Gasteiger charge is -2.04. The van der Waals surface area contributed by atoms with Crippen molar-refractivity contribution in [2.75, 3.05) is 5.32 Å². The first kappa shape index (κ1) is 15.3. The minimum Gasteiger partial charge on any atom is -0.317 e. The third-order valence-electron chi connectivity index (χ3n) is 3.26. The molecule has 21 heavy (non-hydrogen) atoms. The first-order chi connectivity index (χ1) is 10.0. The fraction of sp³-hybridized carbons (Fsp3) is 0.400. The summed E-state index contributed by atoms with van der Waals surface area (Å²) in [6.07, 6.45) is 4.80. The fourth-order valence-electron chi connectivity index (χ4n) is 2.21. The number of carbonyl (C=O) groups excluding carboxylic acids is 1. The zero-order valence-electron chi connectivity index (χ0n) is 12.4. The quantitative estimate of drug-likeness (QED) is 0.923. The SMILES string of the molecule is CCc1c(C)sc(NC(=O)CCn2cc(C)cn2)c1C#N. The van der Waals surface area contributed by atoms with Crippen LogP contribution in [0.3, 0.4) is 0 Å². The van der Waals surface area contributed by atoms with E-state index in [0.717, 1.165) is 22.4 Å². The number of thiophene rings is 1. The summed E-state index contributed by atoms with van der Waals surface area (Å²) in [4.78, 5) is 13.1. The van der Waals surface area contributed by atoms with Crippen LogP contribution in [0.25, 0.3) is 0 Å². The van der Waals surface area contributed by atoms with Crippen molar-refractivity contribution in [3.05, 3.63) is 34.0 Å². The van der Waals surface area contributed by atoms with E-state index in [1.165, 1.54) is 11.3 Å². The summed E-state index contributed by atoms with van der Waals surface area (Å²) < 4.78 is 1.75. The summed E-state index contributed by atoms with van der Waals surface area (Å²) in [6, 6.07) is 2.20. The Labute approximate surface area is 128 Å². The van der Waals surface area contributed by atoms with E-state index >= 15 is 0 Å². The Morgan fingerprint density at radius 2 is 2.29 bits per heavy atom. The van der Waals surface area contributed by atoms with Crippen LogP contribution in [0.15, 0.2) is 12.4 Å². The summed E-state index contributed by atoms with van der Waals surface area (Å²) in [5, 5.41) is 16.9. The van der Waals surface area contributed by atoms with E-state index < -0.39 is 0 Å². The Morgan fingerprint density at radius 1 is 1.52 bits per heavy atom. The molecule has 0 aliphatic heterocycles. The standard InChI is InChI=1S/C15H18N4OS/c1-4-12-11(3)21-15(13(12)7-16)18-14(20)5-6-19-9-10(2)8-17-19/h8-9H,4-6H2,1-3H3,(H,18,20). The molecule has 6 heteroatoms. The van der Waals surface area contributed by atoms with Gasteiger partial charge in [-0.1, -0.05) is 6.92 Å². The van der Waals surface area contributed by atoms with Crippen molar-refractivity contribution < 1.29 is 4.79 Å². The van der Waals surface area contributed by atoms with Crippen molar-refractivity contribution in [1.29, 1.82) is 5.26 Å². The highest BCUT2D eigenvalue weighted by Gasteiger charge is 2.16. The van der Waals surface area contributed by atoms with Crippen LogP contribution in [0, 0.1) is 25.2 Å². The van der Waals surface area contributed by atoms with Crippen molar-refractivity contribution in [3.63, 3.8) is 0 Å². The summed E-state index contributed by atoms with van der Waals surface area (Å²) in [5.74, 6) is -0.0939. The third-order valence-corrected chi connectivity index (χ3v) is 4.32. The van der Waals surface area contributed by atoms with Gasteiger partial charge in [0.2, 0.25) is 5.91 Å². The Hall–Kier alpha value is -2.13. The van der Waals surface area contributed by atoms with Gasteiger partial charge in [0.1, 0.15) is 11.1 Å². The van der Waals surface area contributed by atoms with Crippen molar-refractivity contribution >= 4 is 22.2 Å². The number of carbonyl (C=O) groups is 1. The van der Waals surface area contributed by atoms with Gasteiger partial charge in [0.25, 0.3) is 0 Å². The molecule has 2 heterocycles. The number of hydrogen-bond donors (Lipinski definition) is 1. The van der Waals surface area contributed by atoms with Gasteiger partial charge in [0.15, 0.2) is 0 Å². The van der Waals surface area contributed by atoms with Gasteiger partial charge in [0.05, 0.1) is 11.8 Å². The summed E-state index contributed by atoms with van der Waals surface area (Å²) >= 11 is 1.47. The molecule has 2 rings (SSSR count). The maximum atomic E-state index is 12.0. The Bertz CT molecular complexity index is 693. The van der Waals surface area contributed by atoms with E-state index in [1.54, 1.807) is 10.9 Å². The fourth-order valence-corrected chi connectivity index (χ4v) is 3.32. The molecule has 110 valence electrons. The smallest absolute Gasteiger partial charge is 0.226 e. The highest BCUT2D eigenvalue weighted by molar-refractivity contribution is 7.16. The van der Waals surface area contributed by atoms with Crippen LogP contribution in [0.2, 0.25) is 0 Å². The van der Waals surface area contributed by atoms with Gasteiger partial charge in [-0.25, -0.2) is 0 Å². The number of amides is 1. The number of aromatic nitrogens is 2. The van der Waals surface area contributed by atoms with Crippen LogP contribution < -0.4 is 5.32 Å². The van der Waals surface area contributed by atoms with E-state index in [1.807, 2.05) is 27.0 Å². The maximum Gasteiger partial charge on any atom is 0.226 e. The zero-order chi connectivity index (χ0) is 15.4. The predicted molar refractivity (Wildman–Crippen MR) is 83.4 cm³/mol. The van der Waals surface area contributed by atoms with Crippen LogP contribution in [0.4, 0.5) is 5.00 Å². The second-order valence-corrected chi connectivity index (χ2v) is 6.11. The Morgan fingerprint density at radius 3 is 2.86 bits per heavy atom. The second-order valence-electron chi connectivity index (χ2n) is 4.89. The molecular weight excluding hydrogens is 284 g/mol. The monoisotopic (exact) mass is 302 g/mol. The first-order valence-electron chi connectivity index (χ1n) is 6.86. The molecule has 2 aromatic rings. The molecule has 5 nitrogen and oxygen atoms in total. The molecular formula is C15H18N4OS. The van der Waals surface area contributed by atoms with E-state index in [-0.39, 0.29) is 5.91 Å². The molecule has 0 bridgehead atoms. The Balaban J connectivity index is 2.01. The number of hydrogen-bond acceptors (Lipinski definition) is 4. The van der Waals surface area contributed by atoms with Crippen molar-refractivity contribution in [2.24, 2.45) is 0 Å². The highest BCUT2D eigenvalue weighted by atomic mass is 32.1. The van der Waals surface area contributed by atoms with E-state index in [0.29, 0.717) is 23.5 Å². The molecule has 0 spiro atoms. The van der Waals surface area contributed by atoms with Crippen LogP contribution in [-0.2, 0) is 17.8 Å². The number of aryl methyl sites for hydroxylation is 3. The van der Waals surface area contributed by atoms with Gasteiger partial charge < -0.3 is 5.32 Å².